The number of imidazole rings is 1. The van der Waals surface area contributed by atoms with Crippen molar-refractivity contribution < 1.29 is 13.9 Å². The molecule has 0 N–H and O–H groups in total. The molecule has 7 aromatic rings. The molecule has 0 aliphatic carbocycles. The van der Waals surface area contributed by atoms with Crippen molar-refractivity contribution in [3.8, 4) is 22.8 Å². The molecule has 4 nitrogen and oxygen atoms in total. The van der Waals surface area contributed by atoms with Crippen LogP contribution < -0.4 is 13.9 Å². The highest BCUT2D eigenvalue weighted by molar-refractivity contribution is 6.16. The van der Waals surface area contributed by atoms with Gasteiger partial charge in [0.05, 0.1) is 10.9 Å². The molecule has 6 heterocycles. The van der Waals surface area contributed by atoms with Crippen molar-refractivity contribution in [1.29, 1.82) is 0 Å². The minimum Gasteiger partial charge on any atom is -0.456 e. The standard InChI is InChI=1S/C31H17N3O/c1-2-11-22-18(8-1)19-15-16-26-29-27(19)30-33(22)23-12-3-4-13-24(23)34(30)31(29)28-20(9-7-14-25(28)35-26)21-10-5-6-17-32(21)31/h1-17H/q+2. The third kappa shape index (κ3) is 1.53. The van der Waals surface area contributed by atoms with Gasteiger partial charge in [0.2, 0.25) is 5.69 Å². The highest BCUT2D eigenvalue weighted by Crippen LogP contribution is 2.57. The Hall–Kier alpha value is -4.70. The van der Waals surface area contributed by atoms with Crippen LogP contribution in [-0.2, 0) is 5.66 Å². The van der Waals surface area contributed by atoms with Crippen LogP contribution in [-0.4, -0.2) is 4.40 Å². The zero-order chi connectivity index (χ0) is 22.5. The lowest BCUT2D eigenvalue weighted by molar-refractivity contribution is -0.940. The average Bonchev–Trinajstić information content (AvgIpc) is 3.53. The van der Waals surface area contributed by atoms with E-state index in [-0.39, 0.29) is 0 Å². The molecular weight excluding hydrogens is 430 g/mol. The molecule has 1 unspecified atom stereocenters. The van der Waals surface area contributed by atoms with E-state index in [1.807, 2.05) is 0 Å². The Kier molecular flexibility index (Phi) is 2.49. The first-order valence-corrected chi connectivity index (χ1v) is 12.1. The van der Waals surface area contributed by atoms with Gasteiger partial charge in [-0.2, -0.15) is 4.40 Å². The second-order valence-electron chi connectivity index (χ2n) is 9.77. The second kappa shape index (κ2) is 5.18. The minimum absolute atomic E-state index is 0.538. The van der Waals surface area contributed by atoms with Gasteiger partial charge in [0.1, 0.15) is 28.1 Å². The summed E-state index contributed by atoms with van der Waals surface area (Å²) in [6.45, 7) is 0. The topological polar surface area (TPSA) is 21.4 Å². The molecule has 1 spiro atoms. The number of hydrogen-bond acceptors (Lipinski definition) is 1. The van der Waals surface area contributed by atoms with Gasteiger partial charge >= 0.3 is 11.3 Å². The van der Waals surface area contributed by atoms with Crippen LogP contribution in [0.25, 0.3) is 49.6 Å². The molecule has 0 saturated heterocycles. The normalized spacial score (nSPS) is 18.1. The number of hydrogen-bond donors (Lipinski definition) is 0. The summed E-state index contributed by atoms with van der Waals surface area (Å²) in [5, 5.41) is 3.81. The summed E-state index contributed by atoms with van der Waals surface area (Å²) in [5.74, 6) is 1.88. The Morgan fingerprint density at radius 1 is 0.657 bits per heavy atom. The Balaban J connectivity index is 1.63. The number of para-hydroxylation sites is 3. The fraction of sp³-hybridized carbons (Fsp3) is 0.0323. The molecule has 3 aliphatic heterocycles. The molecule has 1 atom stereocenters. The van der Waals surface area contributed by atoms with Crippen molar-refractivity contribution in [1.82, 2.24) is 4.40 Å². The summed E-state index contributed by atoms with van der Waals surface area (Å²) in [5.41, 5.74) is 9.29. The van der Waals surface area contributed by atoms with Crippen LogP contribution in [0.5, 0.6) is 11.5 Å². The van der Waals surface area contributed by atoms with Crippen LogP contribution in [0.15, 0.2) is 103 Å². The lowest BCUT2D eigenvalue weighted by Gasteiger charge is -2.28. The molecule has 10 rings (SSSR count). The van der Waals surface area contributed by atoms with Gasteiger partial charge < -0.3 is 4.74 Å². The molecular formula is C31H17N3O+2. The van der Waals surface area contributed by atoms with Gasteiger partial charge in [-0.1, -0.05) is 36.4 Å². The maximum absolute atomic E-state index is 6.67. The summed E-state index contributed by atoms with van der Waals surface area (Å²) < 4.78 is 14.2. The zero-order valence-corrected chi connectivity index (χ0v) is 18.6. The Labute approximate surface area is 199 Å². The summed E-state index contributed by atoms with van der Waals surface area (Å²) in [7, 11) is 0. The van der Waals surface area contributed by atoms with E-state index in [1.165, 1.54) is 60.7 Å². The van der Waals surface area contributed by atoms with Crippen molar-refractivity contribution in [2.45, 2.75) is 5.66 Å². The monoisotopic (exact) mass is 447 g/mol. The summed E-state index contributed by atoms with van der Waals surface area (Å²) >= 11 is 0. The van der Waals surface area contributed by atoms with Crippen molar-refractivity contribution in [3.05, 3.63) is 114 Å². The Morgan fingerprint density at radius 3 is 2.46 bits per heavy atom. The van der Waals surface area contributed by atoms with E-state index in [0.29, 0.717) is 0 Å². The molecule has 3 aliphatic rings. The SMILES string of the molecule is c1cc2c3c(c1)-c1cccc[n+]1C31c3c(ccc4c5ccccc5n5c6ccccc6[n+]1c5c34)O2. The number of rotatable bonds is 0. The smallest absolute Gasteiger partial charge is 0.372 e. The Bertz CT molecular complexity index is 2160. The lowest BCUT2D eigenvalue weighted by Crippen LogP contribution is -2.71. The number of benzene rings is 4. The van der Waals surface area contributed by atoms with E-state index in [0.717, 1.165) is 11.5 Å². The first kappa shape index (κ1) is 16.8. The summed E-state index contributed by atoms with van der Waals surface area (Å²) in [6.07, 6.45) is 2.24. The van der Waals surface area contributed by atoms with Gasteiger partial charge in [0.15, 0.2) is 17.2 Å². The lowest BCUT2D eigenvalue weighted by atomic mass is 9.85. The van der Waals surface area contributed by atoms with Gasteiger partial charge in [-0.15, -0.1) is 9.13 Å². The molecule has 0 amide bonds. The maximum Gasteiger partial charge on any atom is 0.372 e. The van der Waals surface area contributed by atoms with E-state index >= 15 is 0 Å². The predicted octanol–water partition coefficient (Wildman–Crippen LogP) is 5.67. The number of pyridine rings is 2. The molecule has 0 radical (unpaired) electrons. The first-order valence-electron chi connectivity index (χ1n) is 12.1. The third-order valence-electron chi connectivity index (χ3n) is 8.36. The molecule has 4 heteroatoms. The minimum atomic E-state index is -0.538. The van der Waals surface area contributed by atoms with Crippen LogP contribution in [0.4, 0.5) is 0 Å². The van der Waals surface area contributed by atoms with Gasteiger partial charge in [-0.05, 0) is 48.5 Å². The van der Waals surface area contributed by atoms with Gasteiger partial charge in [0, 0.05) is 22.9 Å². The van der Waals surface area contributed by atoms with Crippen LogP contribution in [0.1, 0.15) is 11.1 Å². The van der Waals surface area contributed by atoms with E-state index in [4.69, 9.17) is 4.74 Å². The van der Waals surface area contributed by atoms with Crippen molar-refractivity contribution in [2.75, 3.05) is 0 Å². The molecule has 160 valence electrons. The van der Waals surface area contributed by atoms with Crippen molar-refractivity contribution in [3.63, 3.8) is 0 Å². The van der Waals surface area contributed by atoms with Crippen molar-refractivity contribution >= 4 is 38.4 Å². The zero-order valence-electron chi connectivity index (χ0n) is 18.6. The largest absolute Gasteiger partial charge is 0.456 e. The fourth-order valence-corrected chi connectivity index (χ4v) is 7.28. The van der Waals surface area contributed by atoms with E-state index in [1.54, 1.807) is 0 Å². The third-order valence-corrected chi connectivity index (χ3v) is 8.36. The van der Waals surface area contributed by atoms with E-state index in [2.05, 4.69) is 117 Å². The van der Waals surface area contributed by atoms with Gasteiger partial charge in [-0.3, -0.25) is 0 Å². The number of fused-ring (bicyclic) bond motifs is 8. The first-order chi connectivity index (χ1) is 17.4. The molecule has 3 aromatic heterocycles. The molecule has 35 heavy (non-hydrogen) atoms. The van der Waals surface area contributed by atoms with Crippen molar-refractivity contribution in [2.24, 2.45) is 0 Å². The molecule has 0 bridgehead atoms. The number of nitrogens with zero attached hydrogens (tertiary/aromatic N) is 3. The second-order valence-corrected chi connectivity index (χ2v) is 9.77. The summed E-state index contributed by atoms with van der Waals surface area (Å²) in [6, 6.07) is 35.0. The van der Waals surface area contributed by atoms with Gasteiger partial charge in [-0.25, -0.2) is 0 Å². The van der Waals surface area contributed by atoms with Crippen LogP contribution in [0, 0.1) is 0 Å². The highest BCUT2D eigenvalue weighted by atomic mass is 16.5. The highest BCUT2D eigenvalue weighted by Gasteiger charge is 2.68. The Morgan fingerprint density at radius 2 is 1.49 bits per heavy atom. The maximum atomic E-state index is 6.67. The number of aromatic nitrogens is 3. The van der Waals surface area contributed by atoms with Gasteiger partial charge in [0.25, 0.3) is 0 Å². The summed E-state index contributed by atoms with van der Waals surface area (Å²) in [4.78, 5) is 0. The molecule has 0 saturated carbocycles. The van der Waals surface area contributed by atoms with Crippen LogP contribution in [0.2, 0.25) is 0 Å². The fourth-order valence-electron chi connectivity index (χ4n) is 7.28. The van der Waals surface area contributed by atoms with Crippen LogP contribution >= 0.6 is 0 Å². The predicted molar refractivity (Wildman–Crippen MR) is 134 cm³/mol. The van der Waals surface area contributed by atoms with E-state index < -0.39 is 5.66 Å². The quantitative estimate of drug-likeness (QED) is 0.217. The van der Waals surface area contributed by atoms with E-state index in [9.17, 15) is 0 Å². The van der Waals surface area contributed by atoms with Crippen LogP contribution in [0.3, 0.4) is 0 Å². The molecule has 4 aromatic carbocycles. The number of ether oxygens (including phenoxy) is 1. The average molecular weight is 447 g/mol. The molecule has 0 fully saturated rings.